The lowest BCUT2D eigenvalue weighted by Crippen LogP contribution is -2.19. The average molecular weight is 205 g/mol. The Hall–Kier alpha value is -1.28. The molecular weight excluding hydrogens is 186 g/mol. The first-order chi connectivity index (χ1) is 7.27. The molecule has 0 aromatic heterocycles. The van der Waals surface area contributed by atoms with Gasteiger partial charge in [0, 0.05) is 6.04 Å². The van der Waals surface area contributed by atoms with E-state index in [2.05, 4.69) is 31.0 Å². The highest BCUT2D eigenvalue weighted by molar-refractivity contribution is 5.28. The van der Waals surface area contributed by atoms with Gasteiger partial charge in [0.05, 0.1) is 7.11 Å². The van der Waals surface area contributed by atoms with Gasteiger partial charge in [-0.05, 0) is 37.6 Å². The molecule has 1 rings (SSSR count). The highest BCUT2D eigenvalue weighted by Crippen LogP contribution is 2.16. The lowest BCUT2D eigenvalue weighted by molar-refractivity contribution is 0.414. The number of rotatable bonds is 6. The van der Waals surface area contributed by atoms with Gasteiger partial charge in [0.25, 0.3) is 0 Å². The minimum absolute atomic E-state index is 0.371. The van der Waals surface area contributed by atoms with Crippen molar-refractivity contribution in [3.05, 3.63) is 42.5 Å². The van der Waals surface area contributed by atoms with Crippen LogP contribution in [0, 0.1) is 0 Å². The SMILES string of the molecule is C=CCCN[C@@H](C)c1ccc(OC)cc1. The van der Waals surface area contributed by atoms with Crippen LogP contribution in [0.4, 0.5) is 0 Å². The topological polar surface area (TPSA) is 21.3 Å². The molecule has 0 aliphatic heterocycles. The second kappa shape index (κ2) is 6.25. The van der Waals surface area contributed by atoms with Crippen molar-refractivity contribution in [2.45, 2.75) is 19.4 Å². The third-order valence-corrected chi connectivity index (χ3v) is 2.41. The summed E-state index contributed by atoms with van der Waals surface area (Å²) < 4.78 is 5.11. The van der Waals surface area contributed by atoms with E-state index >= 15 is 0 Å². The summed E-state index contributed by atoms with van der Waals surface area (Å²) in [6, 6.07) is 8.52. The van der Waals surface area contributed by atoms with Gasteiger partial charge in [0.1, 0.15) is 5.75 Å². The average Bonchev–Trinajstić information content (AvgIpc) is 2.29. The molecule has 1 aromatic rings. The first-order valence-corrected chi connectivity index (χ1v) is 5.26. The fraction of sp³-hybridized carbons (Fsp3) is 0.385. The molecule has 1 aromatic carbocycles. The minimum Gasteiger partial charge on any atom is -0.497 e. The smallest absolute Gasteiger partial charge is 0.118 e. The fourth-order valence-electron chi connectivity index (χ4n) is 1.41. The molecule has 0 radical (unpaired) electrons. The van der Waals surface area contributed by atoms with Crippen molar-refractivity contribution >= 4 is 0 Å². The Labute approximate surface area is 92.0 Å². The second-order valence-corrected chi connectivity index (χ2v) is 3.53. The minimum atomic E-state index is 0.371. The number of nitrogens with one attached hydrogen (secondary N) is 1. The standard InChI is InChI=1S/C13H19NO/c1-4-5-10-14-11(2)12-6-8-13(15-3)9-7-12/h4,6-9,11,14H,1,5,10H2,2-3H3/t11-/m0/s1. The number of ether oxygens (including phenoxy) is 1. The molecule has 0 fully saturated rings. The van der Waals surface area contributed by atoms with E-state index in [9.17, 15) is 0 Å². The van der Waals surface area contributed by atoms with Crippen LogP contribution in [0.15, 0.2) is 36.9 Å². The Morgan fingerprint density at radius 1 is 1.40 bits per heavy atom. The second-order valence-electron chi connectivity index (χ2n) is 3.53. The highest BCUT2D eigenvalue weighted by Gasteiger charge is 2.03. The summed E-state index contributed by atoms with van der Waals surface area (Å²) in [4.78, 5) is 0. The molecule has 0 amide bonds. The summed E-state index contributed by atoms with van der Waals surface area (Å²) in [7, 11) is 1.68. The molecule has 0 spiro atoms. The van der Waals surface area contributed by atoms with Crippen LogP contribution in [-0.2, 0) is 0 Å². The number of hydrogen-bond donors (Lipinski definition) is 1. The van der Waals surface area contributed by atoms with E-state index in [1.165, 1.54) is 5.56 Å². The molecule has 0 saturated heterocycles. The molecule has 0 aliphatic rings. The van der Waals surface area contributed by atoms with E-state index in [0.29, 0.717) is 6.04 Å². The largest absolute Gasteiger partial charge is 0.497 e. The number of hydrogen-bond acceptors (Lipinski definition) is 2. The molecular formula is C13H19NO. The van der Waals surface area contributed by atoms with E-state index in [1.807, 2.05) is 18.2 Å². The van der Waals surface area contributed by atoms with E-state index in [4.69, 9.17) is 4.74 Å². The molecule has 1 N–H and O–H groups in total. The molecule has 82 valence electrons. The van der Waals surface area contributed by atoms with E-state index in [1.54, 1.807) is 7.11 Å². The summed E-state index contributed by atoms with van der Waals surface area (Å²) >= 11 is 0. The van der Waals surface area contributed by atoms with Crippen molar-refractivity contribution < 1.29 is 4.74 Å². The lowest BCUT2D eigenvalue weighted by atomic mass is 10.1. The van der Waals surface area contributed by atoms with E-state index < -0.39 is 0 Å². The summed E-state index contributed by atoms with van der Waals surface area (Å²) in [6.07, 6.45) is 2.92. The molecule has 0 unspecified atom stereocenters. The van der Waals surface area contributed by atoms with Crippen molar-refractivity contribution in [2.75, 3.05) is 13.7 Å². The van der Waals surface area contributed by atoms with E-state index in [0.717, 1.165) is 18.7 Å². The summed E-state index contributed by atoms with van der Waals surface area (Å²) in [5.41, 5.74) is 1.28. The molecule has 2 nitrogen and oxygen atoms in total. The van der Waals surface area contributed by atoms with Crippen molar-refractivity contribution in [2.24, 2.45) is 0 Å². The zero-order valence-electron chi connectivity index (χ0n) is 9.49. The van der Waals surface area contributed by atoms with Gasteiger partial charge in [-0.25, -0.2) is 0 Å². The zero-order valence-corrected chi connectivity index (χ0v) is 9.49. The Morgan fingerprint density at radius 2 is 2.07 bits per heavy atom. The maximum Gasteiger partial charge on any atom is 0.118 e. The number of benzene rings is 1. The maximum absolute atomic E-state index is 5.11. The Kier molecular flexibility index (Phi) is 4.91. The first kappa shape index (κ1) is 11.8. The van der Waals surface area contributed by atoms with Crippen LogP contribution in [0.25, 0.3) is 0 Å². The summed E-state index contributed by atoms with van der Waals surface area (Å²) in [5, 5.41) is 3.43. The Bertz CT molecular complexity index is 292. The van der Waals surface area contributed by atoms with Gasteiger partial charge in [0.2, 0.25) is 0 Å². The molecule has 0 bridgehead atoms. The molecule has 2 heteroatoms. The van der Waals surface area contributed by atoms with Crippen LogP contribution in [0.2, 0.25) is 0 Å². The Morgan fingerprint density at radius 3 is 2.60 bits per heavy atom. The third kappa shape index (κ3) is 3.76. The van der Waals surface area contributed by atoms with Gasteiger partial charge in [-0.15, -0.1) is 6.58 Å². The normalized spacial score (nSPS) is 12.1. The zero-order chi connectivity index (χ0) is 11.1. The van der Waals surface area contributed by atoms with Gasteiger partial charge in [-0.3, -0.25) is 0 Å². The van der Waals surface area contributed by atoms with Crippen LogP contribution < -0.4 is 10.1 Å². The summed E-state index contributed by atoms with van der Waals surface area (Å²) in [6.45, 7) is 6.82. The third-order valence-electron chi connectivity index (χ3n) is 2.41. The number of methoxy groups -OCH3 is 1. The van der Waals surface area contributed by atoms with Crippen LogP contribution in [0.5, 0.6) is 5.75 Å². The monoisotopic (exact) mass is 205 g/mol. The van der Waals surface area contributed by atoms with Crippen molar-refractivity contribution in [3.8, 4) is 5.75 Å². The summed E-state index contributed by atoms with van der Waals surface area (Å²) in [5.74, 6) is 0.900. The van der Waals surface area contributed by atoms with Crippen molar-refractivity contribution in [1.29, 1.82) is 0 Å². The lowest BCUT2D eigenvalue weighted by Gasteiger charge is -2.13. The van der Waals surface area contributed by atoms with Crippen LogP contribution >= 0.6 is 0 Å². The molecule has 1 atom stereocenters. The molecule has 0 saturated carbocycles. The fourth-order valence-corrected chi connectivity index (χ4v) is 1.41. The molecule has 0 heterocycles. The molecule has 0 aliphatic carbocycles. The Balaban J connectivity index is 2.50. The van der Waals surface area contributed by atoms with Gasteiger partial charge < -0.3 is 10.1 Å². The quantitative estimate of drug-likeness (QED) is 0.569. The van der Waals surface area contributed by atoms with Crippen molar-refractivity contribution in [3.63, 3.8) is 0 Å². The van der Waals surface area contributed by atoms with Crippen LogP contribution in [0.3, 0.4) is 0 Å². The maximum atomic E-state index is 5.11. The van der Waals surface area contributed by atoms with E-state index in [-0.39, 0.29) is 0 Å². The van der Waals surface area contributed by atoms with Crippen molar-refractivity contribution in [1.82, 2.24) is 5.32 Å². The molecule has 15 heavy (non-hydrogen) atoms. The first-order valence-electron chi connectivity index (χ1n) is 5.26. The van der Waals surface area contributed by atoms with Gasteiger partial charge in [-0.1, -0.05) is 18.2 Å². The predicted octanol–water partition coefficient (Wildman–Crippen LogP) is 2.92. The van der Waals surface area contributed by atoms with Gasteiger partial charge >= 0.3 is 0 Å². The van der Waals surface area contributed by atoms with Gasteiger partial charge in [0.15, 0.2) is 0 Å². The highest BCUT2D eigenvalue weighted by atomic mass is 16.5. The predicted molar refractivity (Wildman–Crippen MR) is 64.2 cm³/mol. The van der Waals surface area contributed by atoms with Crippen LogP contribution in [0.1, 0.15) is 24.9 Å². The van der Waals surface area contributed by atoms with Crippen LogP contribution in [-0.4, -0.2) is 13.7 Å². The van der Waals surface area contributed by atoms with Gasteiger partial charge in [-0.2, -0.15) is 0 Å².